The first-order valence-electron chi connectivity index (χ1n) is 16.9. The van der Waals surface area contributed by atoms with Crippen LogP contribution >= 0.6 is 0 Å². The van der Waals surface area contributed by atoms with E-state index in [9.17, 15) is 9.59 Å². The second kappa shape index (κ2) is 15.7. The van der Waals surface area contributed by atoms with Gasteiger partial charge in [0.05, 0.1) is 18.5 Å². The van der Waals surface area contributed by atoms with Gasteiger partial charge in [0.2, 0.25) is 12.1 Å². The Morgan fingerprint density at radius 1 is 0.960 bits per heavy atom. The van der Waals surface area contributed by atoms with Crippen molar-refractivity contribution in [3.05, 3.63) is 89.5 Å². The van der Waals surface area contributed by atoms with E-state index in [4.69, 9.17) is 24.9 Å². The molecule has 0 radical (unpaired) electrons. The maximum absolute atomic E-state index is 13.6. The molecule has 1 atom stereocenters. The average Bonchev–Trinajstić information content (AvgIpc) is 3.87. The third-order valence-electron chi connectivity index (χ3n) is 9.08. The quantitative estimate of drug-likeness (QED) is 0.108. The highest BCUT2D eigenvalue weighted by molar-refractivity contribution is 6.08. The highest BCUT2D eigenvalue weighted by Crippen LogP contribution is 2.40. The number of amides is 1. The Kier molecular flexibility index (Phi) is 10.9. The number of aromatic nitrogens is 4. The van der Waals surface area contributed by atoms with Crippen LogP contribution in [-0.2, 0) is 38.9 Å². The standard InChI is InChI=1S/C36H41N7O7/c1-3-4-15-32-37-36(20-9-10-21-36)34(44)41(32)22-26-16-18-27(19-17-26)30-13-7-8-14-31(30)33-38-40-42(39-33)25(2)50-35(45)48-23-28-11-5-6-12-29(28)24-49-43(46)47/h5-8,11-14,16-19,25,46-47H,3-4,9-10,15,20-24H2,1-2H3. The summed E-state index contributed by atoms with van der Waals surface area (Å²) in [4.78, 5) is 38.9. The Hall–Kier alpha value is -5.02. The molecule has 1 aromatic heterocycles. The summed E-state index contributed by atoms with van der Waals surface area (Å²) in [6, 6.07) is 22.8. The molecule has 50 heavy (non-hydrogen) atoms. The number of unbranched alkanes of at least 4 members (excludes halogenated alkanes) is 1. The Labute approximate surface area is 289 Å². The summed E-state index contributed by atoms with van der Waals surface area (Å²) < 4.78 is 10.6. The van der Waals surface area contributed by atoms with Crippen LogP contribution in [0.1, 0.15) is 81.7 Å². The molecule has 0 bridgehead atoms. The molecule has 14 nitrogen and oxygen atoms in total. The van der Waals surface area contributed by atoms with E-state index in [1.54, 1.807) is 31.2 Å². The van der Waals surface area contributed by atoms with Crippen molar-refractivity contribution in [2.75, 3.05) is 0 Å². The first-order valence-corrected chi connectivity index (χ1v) is 16.9. The number of hydrogen-bond donors (Lipinski definition) is 2. The van der Waals surface area contributed by atoms with Gasteiger partial charge in [0, 0.05) is 12.0 Å². The van der Waals surface area contributed by atoms with Gasteiger partial charge < -0.3 is 9.47 Å². The molecule has 4 aromatic rings. The first kappa shape index (κ1) is 34.8. The lowest BCUT2D eigenvalue weighted by Crippen LogP contribution is -2.40. The topological polar surface area (TPSA) is 165 Å². The van der Waals surface area contributed by atoms with Gasteiger partial charge >= 0.3 is 6.16 Å². The molecule has 2 heterocycles. The maximum Gasteiger partial charge on any atom is 0.510 e. The van der Waals surface area contributed by atoms with Gasteiger partial charge in [-0.2, -0.15) is 0 Å². The number of tetrazole rings is 1. The van der Waals surface area contributed by atoms with Gasteiger partial charge in [0.25, 0.3) is 5.91 Å². The van der Waals surface area contributed by atoms with Crippen molar-refractivity contribution in [3.8, 4) is 22.5 Å². The molecular formula is C36H41N7O7. The molecule has 0 saturated heterocycles. The molecule has 1 amide bonds. The summed E-state index contributed by atoms with van der Waals surface area (Å²) in [5, 5.41) is 30.1. The maximum atomic E-state index is 13.6. The number of amidine groups is 1. The fourth-order valence-corrected chi connectivity index (χ4v) is 6.41. The second-order valence-corrected chi connectivity index (χ2v) is 12.5. The lowest BCUT2D eigenvalue weighted by atomic mass is 9.97. The van der Waals surface area contributed by atoms with Gasteiger partial charge in [-0.25, -0.2) is 9.63 Å². The third kappa shape index (κ3) is 7.89. The second-order valence-electron chi connectivity index (χ2n) is 12.5. The highest BCUT2D eigenvalue weighted by atomic mass is 17.1. The van der Waals surface area contributed by atoms with E-state index in [0.717, 1.165) is 73.0 Å². The van der Waals surface area contributed by atoms with Crippen LogP contribution in [0.2, 0.25) is 0 Å². The van der Waals surface area contributed by atoms with E-state index < -0.39 is 17.9 Å². The number of nitrogens with zero attached hydrogens (tertiary/aromatic N) is 7. The molecule has 1 spiro atoms. The predicted octanol–water partition coefficient (Wildman–Crippen LogP) is 6.63. The van der Waals surface area contributed by atoms with E-state index in [1.165, 1.54) is 4.80 Å². The molecular weight excluding hydrogens is 642 g/mol. The van der Waals surface area contributed by atoms with Crippen LogP contribution in [0, 0.1) is 0 Å². The predicted molar refractivity (Wildman–Crippen MR) is 180 cm³/mol. The summed E-state index contributed by atoms with van der Waals surface area (Å²) in [7, 11) is 0. The van der Waals surface area contributed by atoms with Crippen LogP contribution in [0.3, 0.4) is 0 Å². The lowest BCUT2D eigenvalue weighted by molar-refractivity contribution is -0.497. The van der Waals surface area contributed by atoms with Gasteiger partial charge in [-0.05, 0) is 59.2 Å². The molecule has 6 rings (SSSR count). The van der Waals surface area contributed by atoms with Crippen molar-refractivity contribution in [2.24, 2.45) is 4.99 Å². The van der Waals surface area contributed by atoms with E-state index in [-0.39, 0.29) is 24.5 Å². The van der Waals surface area contributed by atoms with Crippen LogP contribution in [0.5, 0.6) is 0 Å². The van der Waals surface area contributed by atoms with Crippen molar-refractivity contribution in [1.29, 1.82) is 0 Å². The van der Waals surface area contributed by atoms with Gasteiger partial charge in [-0.3, -0.25) is 25.1 Å². The number of hydrogen-bond acceptors (Lipinski definition) is 12. The summed E-state index contributed by atoms with van der Waals surface area (Å²) in [6.07, 6.45) is 4.77. The zero-order chi connectivity index (χ0) is 35.1. The number of carbonyl (C=O) groups excluding carboxylic acids is 2. The zero-order valence-electron chi connectivity index (χ0n) is 28.1. The van der Waals surface area contributed by atoms with Gasteiger partial charge in [0.1, 0.15) is 18.0 Å². The number of ether oxygens (including phenoxy) is 2. The fraction of sp³-hybridized carbons (Fsp3) is 0.389. The molecule has 14 heteroatoms. The number of aliphatic imine (C=N–C) groups is 1. The monoisotopic (exact) mass is 683 g/mol. The molecule has 1 aliphatic carbocycles. The van der Waals surface area contributed by atoms with E-state index in [2.05, 4.69) is 27.2 Å². The van der Waals surface area contributed by atoms with Gasteiger partial charge in [0.15, 0.2) is 0 Å². The minimum absolute atomic E-state index is 0.132. The van der Waals surface area contributed by atoms with Crippen LogP contribution in [0.4, 0.5) is 4.79 Å². The normalized spacial score (nSPS) is 15.9. The van der Waals surface area contributed by atoms with Crippen molar-refractivity contribution >= 4 is 17.9 Å². The van der Waals surface area contributed by atoms with Crippen molar-refractivity contribution in [3.63, 3.8) is 0 Å². The lowest BCUT2D eigenvalue weighted by Gasteiger charge is -2.23. The number of benzene rings is 3. The molecule has 1 aliphatic heterocycles. The summed E-state index contributed by atoms with van der Waals surface area (Å²) in [5.41, 5.74) is 4.25. The van der Waals surface area contributed by atoms with Crippen molar-refractivity contribution < 1.29 is 34.3 Å². The Morgan fingerprint density at radius 2 is 1.64 bits per heavy atom. The minimum Gasteiger partial charge on any atom is -0.429 e. The largest absolute Gasteiger partial charge is 0.510 e. The fourth-order valence-electron chi connectivity index (χ4n) is 6.41. The molecule has 3 aromatic carbocycles. The van der Waals surface area contributed by atoms with Crippen LogP contribution in [0.25, 0.3) is 22.5 Å². The molecule has 262 valence electrons. The first-order chi connectivity index (χ1) is 24.3. The average molecular weight is 684 g/mol. The van der Waals surface area contributed by atoms with E-state index in [1.807, 2.05) is 53.4 Å². The summed E-state index contributed by atoms with van der Waals surface area (Å²) in [5.74, 6) is 1.42. The molecule has 1 unspecified atom stereocenters. The highest BCUT2D eigenvalue weighted by Gasteiger charge is 2.49. The Morgan fingerprint density at radius 3 is 2.34 bits per heavy atom. The molecule has 2 aliphatic rings. The Balaban J connectivity index is 1.10. The number of rotatable bonds is 14. The number of carbonyl (C=O) groups is 2. The zero-order valence-corrected chi connectivity index (χ0v) is 28.1. The SMILES string of the molecule is CCCCC1=NC2(CCCC2)C(=O)N1Cc1ccc(-c2ccccc2-c2nnn(C(C)OC(=O)OCc3ccccc3CON(O)O)n2)cc1. The van der Waals surface area contributed by atoms with Gasteiger partial charge in [-0.15, -0.1) is 15.0 Å². The van der Waals surface area contributed by atoms with E-state index in [0.29, 0.717) is 23.5 Å². The van der Waals surface area contributed by atoms with Crippen LogP contribution in [-0.4, -0.2) is 64.3 Å². The van der Waals surface area contributed by atoms with Crippen molar-refractivity contribution in [2.45, 2.75) is 90.3 Å². The summed E-state index contributed by atoms with van der Waals surface area (Å²) >= 11 is 0. The van der Waals surface area contributed by atoms with E-state index >= 15 is 0 Å². The smallest absolute Gasteiger partial charge is 0.429 e. The Bertz CT molecular complexity index is 1820. The minimum atomic E-state index is -0.948. The molecule has 1 fully saturated rings. The summed E-state index contributed by atoms with van der Waals surface area (Å²) in [6.45, 7) is 3.96. The van der Waals surface area contributed by atoms with Crippen molar-refractivity contribution in [1.82, 2.24) is 30.5 Å². The molecule has 2 N–H and O–H groups in total. The van der Waals surface area contributed by atoms with Crippen LogP contribution in [0.15, 0.2) is 77.8 Å². The van der Waals surface area contributed by atoms with Crippen LogP contribution < -0.4 is 0 Å². The molecule has 1 saturated carbocycles. The third-order valence-corrected chi connectivity index (χ3v) is 9.08. The van der Waals surface area contributed by atoms with Gasteiger partial charge in [-0.1, -0.05) is 99.0 Å².